The normalized spacial score (nSPS) is 13.6. The van der Waals surface area contributed by atoms with Gasteiger partial charge in [0.25, 0.3) is 0 Å². The maximum atomic E-state index is 5.84. The third-order valence-corrected chi connectivity index (χ3v) is 3.56. The van der Waals surface area contributed by atoms with Crippen molar-refractivity contribution in [3.05, 3.63) is 54.1 Å². The molecule has 1 aliphatic rings. The molecule has 0 saturated heterocycles. The van der Waals surface area contributed by atoms with E-state index in [0.29, 0.717) is 6.61 Å². The van der Waals surface area contributed by atoms with Gasteiger partial charge in [0, 0.05) is 13.1 Å². The SMILES string of the molecule is Cc1cccc(OCCN2CCNc3ccccc32)c1. The van der Waals surface area contributed by atoms with Crippen LogP contribution < -0.4 is 15.0 Å². The first kappa shape index (κ1) is 12.9. The highest BCUT2D eigenvalue weighted by Crippen LogP contribution is 2.27. The standard InChI is InChI=1S/C17H20N2O/c1-14-5-4-6-15(13-14)20-12-11-19-10-9-18-16-7-2-3-8-17(16)19/h2-8,13,18H,9-12H2,1H3. The molecule has 20 heavy (non-hydrogen) atoms. The van der Waals surface area contributed by atoms with Gasteiger partial charge in [-0.05, 0) is 36.8 Å². The molecule has 0 saturated carbocycles. The van der Waals surface area contributed by atoms with Gasteiger partial charge in [-0.15, -0.1) is 0 Å². The van der Waals surface area contributed by atoms with Gasteiger partial charge in [0.05, 0.1) is 17.9 Å². The molecule has 2 aromatic rings. The monoisotopic (exact) mass is 268 g/mol. The van der Waals surface area contributed by atoms with Crippen LogP contribution in [0.3, 0.4) is 0 Å². The van der Waals surface area contributed by atoms with Crippen molar-refractivity contribution >= 4 is 11.4 Å². The summed E-state index contributed by atoms with van der Waals surface area (Å²) in [5, 5.41) is 3.43. The van der Waals surface area contributed by atoms with Crippen LogP contribution in [0.25, 0.3) is 0 Å². The van der Waals surface area contributed by atoms with Crippen molar-refractivity contribution in [1.82, 2.24) is 0 Å². The minimum absolute atomic E-state index is 0.706. The lowest BCUT2D eigenvalue weighted by Crippen LogP contribution is -2.36. The summed E-state index contributed by atoms with van der Waals surface area (Å²) in [4.78, 5) is 2.38. The van der Waals surface area contributed by atoms with Crippen LogP contribution in [0, 0.1) is 6.92 Å². The zero-order valence-corrected chi connectivity index (χ0v) is 11.8. The lowest BCUT2D eigenvalue weighted by atomic mass is 10.2. The third kappa shape index (κ3) is 2.87. The Morgan fingerprint density at radius 2 is 2.05 bits per heavy atom. The molecule has 1 N–H and O–H groups in total. The number of nitrogens with zero attached hydrogens (tertiary/aromatic N) is 1. The summed E-state index contributed by atoms with van der Waals surface area (Å²) < 4.78 is 5.84. The fourth-order valence-electron chi connectivity index (χ4n) is 2.56. The molecule has 0 amide bonds. The summed E-state index contributed by atoms with van der Waals surface area (Å²) in [5.74, 6) is 0.952. The van der Waals surface area contributed by atoms with Gasteiger partial charge in [-0.25, -0.2) is 0 Å². The van der Waals surface area contributed by atoms with Crippen LogP contribution in [0.4, 0.5) is 11.4 Å². The molecule has 0 aliphatic carbocycles. The van der Waals surface area contributed by atoms with Crippen molar-refractivity contribution in [1.29, 1.82) is 0 Å². The molecule has 3 heteroatoms. The molecular weight excluding hydrogens is 248 g/mol. The topological polar surface area (TPSA) is 24.5 Å². The molecule has 0 aromatic heterocycles. The van der Waals surface area contributed by atoms with E-state index in [1.165, 1.54) is 16.9 Å². The zero-order valence-electron chi connectivity index (χ0n) is 11.8. The summed E-state index contributed by atoms with van der Waals surface area (Å²) in [6.07, 6.45) is 0. The van der Waals surface area contributed by atoms with Crippen molar-refractivity contribution in [2.24, 2.45) is 0 Å². The molecule has 104 valence electrons. The van der Waals surface area contributed by atoms with E-state index < -0.39 is 0 Å². The number of hydrogen-bond acceptors (Lipinski definition) is 3. The second-order valence-corrected chi connectivity index (χ2v) is 5.10. The molecule has 0 spiro atoms. The lowest BCUT2D eigenvalue weighted by molar-refractivity contribution is 0.323. The number of rotatable bonds is 4. The van der Waals surface area contributed by atoms with Gasteiger partial charge in [0.1, 0.15) is 12.4 Å². The van der Waals surface area contributed by atoms with Crippen LogP contribution in [0.2, 0.25) is 0 Å². The van der Waals surface area contributed by atoms with Crippen LogP contribution in [-0.4, -0.2) is 26.2 Å². The molecular formula is C17H20N2O. The van der Waals surface area contributed by atoms with E-state index in [1.807, 2.05) is 12.1 Å². The Morgan fingerprint density at radius 1 is 1.15 bits per heavy atom. The maximum Gasteiger partial charge on any atom is 0.119 e. The molecule has 0 fully saturated rings. The second kappa shape index (κ2) is 5.87. The quantitative estimate of drug-likeness (QED) is 0.920. The van der Waals surface area contributed by atoms with Crippen LogP contribution in [0.1, 0.15) is 5.56 Å². The second-order valence-electron chi connectivity index (χ2n) is 5.10. The smallest absolute Gasteiger partial charge is 0.119 e. The zero-order chi connectivity index (χ0) is 13.8. The molecule has 3 nitrogen and oxygen atoms in total. The van der Waals surface area contributed by atoms with Crippen molar-refractivity contribution < 1.29 is 4.74 Å². The van der Waals surface area contributed by atoms with Crippen molar-refractivity contribution in [3.8, 4) is 5.75 Å². The summed E-state index contributed by atoms with van der Waals surface area (Å²) in [5.41, 5.74) is 3.72. The molecule has 0 unspecified atom stereocenters. The Balaban J connectivity index is 1.60. The Kier molecular flexibility index (Phi) is 3.77. The Morgan fingerprint density at radius 3 is 2.95 bits per heavy atom. The first-order chi connectivity index (χ1) is 9.83. The highest BCUT2D eigenvalue weighted by molar-refractivity contribution is 5.71. The molecule has 0 radical (unpaired) electrons. The minimum atomic E-state index is 0.706. The number of para-hydroxylation sites is 2. The number of hydrogen-bond donors (Lipinski definition) is 1. The number of fused-ring (bicyclic) bond motifs is 1. The number of anilines is 2. The van der Waals surface area contributed by atoms with Crippen LogP contribution in [0.15, 0.2) is 48.5 Å². The number of nitrogens with one attached hydrogen (secondary N) is 1. The predicted octanol–water partition coefficient (Wildman–Crippen LogP) is 3.31. The highest BCUT2D eigenvalue weighted by Gasteiger charge is 2.15. The average Bonchev–Trinajstić information content (AvgIpc) is 2.48. The van der Waals surface area contributed by atoms with Gasteiger partial charge < -0.3 is 15.0 Å². The van der Waals surface area contributed by atoms with E-state index in [9.17, 15) is 0 Å². The molecule has 0 atom stereocenters. The first-order valence-electron chi connectivity index (χ1n) is 7.10. The fraction of sp³-hybridized carbons (Fsp3) is 0.294. The Labute approximate surface area is 120 Å². The van der Waals surface area contributed by atoms with E-state index in [-0.39, 0.29) is 0 Å². The average molecular weight is 268 g/mol. The minimum Gasteiger partial charge on any atom is -0.492 e. The van der Waals surface area contributed by atoms with Crippen molar-refractivity contribution in [3.63, 3.8) is 0 Å². The number of ether oxygens (including phenoxy) is 1. The highest BCUT2D eigenvalue weighted by atomic mass is 16.5. The molecule has 0 bridgehead atoms. The van der Waals surface area contributed by atoms with Crippen LogP contribution in [-0.2, 0) is 0 Å². The molecule has 1 aliphatic heterocycles. The Bertz CT molecular complexity index is 583. The summed E-state index contributed by atoms with van der Waals surface area (Å²) in [7, 11) is 0. The third-order valence-electron chi connectivity index (χ3n) is 3.56. The summed E-state index contributed by atoms with van der Waals surface area (Å²) in [6, 6.07) is 16.6. The molecule has 3 rings (SSSR count). The molecule has 2 aromatic carbocycles. The van der Waals surface area contributed by atoms with Gasteiger partial charge in [0.15, 0.2) is 0 Å². The van der Waals surface area contributed by atoms with Gasteiger partial charge in [-0.2, -0.15) is 0 Å². The predicted molar refractivity (Wildman–Crippen MR) is 83.8 cm³/mol. The van der Waals surface area contributed by atoms with Crippen LogP contribution >= 0.6 is 0 Å². The van der Waals surface area contributed by atoms with E-state index >= 15 is 0 Å². The fourth-order valence-corrected chi connectivity index (χ4v) is 2.56. The van der Waals surface area contributed by atoms with Gasteiger partial charge in [0.2, 0.25) is 0 Å². The van der Waals surface area contributed by atoms with Gasteiger partial charge in [-0.1, -0.05) is 24.3 Å². The van der Waals surface area contributed by atoms with Crippen LogP contribution in [0.5, 0.6) is 5.75 Å². The first-order valence-corrected chi connectivity index (χ1v) is 7.10. The van der Waals surface area contributed by atoms with Gasteiger partial charge >= 0.3 is 0 Å². The van der Waals surface area contributed by atoms with E-state index in [0.717, 1.165) is 25.4 Å². The Hall–Kier alpha value is -2.16. The van der Waals surface area contributed by atoms with Crippen molar-refractivity contribution in [2.45, 2.75) is 6.92 Å². The van der Waals surface area contributed by atoms with E-state index in [1.54, 1.807) is 0 Å². The maximum absolute atomic E-state index is 5.84. The molecule has 1 heterocycles. The van der Waals surface area contributed by atoms with E-state index in [4.69, 9.17) is 4.74 Å². The number of benzene rings is 2. The summed E-state index contributed by atoms with van der Waals surface area (Å²) in [6.45, 7) is 5.71. The number of aryl methyl sites for hydroxylation is 1. The van der Waals surface area contributed by atoms with E-state index in [2.05, 4.69) is 53.5 Å². The van der Waals surface area contributed by atoms with Crippen molar-refractivity contribution in [2.75, 3.05) is 36.5 Å². The van der Waals surface area contributed by atoms with Gasteiger partial charge in [-0.3, -0.25) is 0 Å². The largest absolute Gasteiger partial charge is 0.492 e. The lowest BCUT2D eigenvalue weighted by Gasteiger charge is -2.31. The summed E-state index contributed by atoms with van der Waals surface area (Å²) >= 11 is 0.